The zero-order valence-electron chi connectivity index (χ0n) is 12.8. The minimum Gasteiger partial charge on any atom is -0.489 e. The quantitative estimate of drug-likeness (QED) is 0.828. The lowest BCUT2D eigenvalue weighted by Gasteiger charge is -2.39. The Morgan fingerprint density at radius 1 is 1.38 bits per heavy atom. The first-order valence-corrected chi connectivity index (χ1v) is 8.30. The van der Waals surface area contributed by atoms with E-state index in [1.165, 1.54) is 12.8 Å². The minimum absolute atomic E-state index is 0.213. The van der Waals surface area contributed by atoms with E-state index in [2.05, 4.69) is 20.8 Å². The maximum Gasteiger partial charge on any atom is 0.130 e. The summed E-state index contributed by atoms with van der Waals surface area (Å²) in [5.74, 6) is 1.51. The average molecular weight is 324 g/mol. The van der Waals surface area contributed by atoms with E-state index in [1.807, 2.05) is 12.1 Å². The smallest absolute Gasteiger partial charge is 0.130 e. The van der Waals surface area contributed by atoms with Crippen LogP contribution in [0, 0.1) is 16.7 Å². The van der Waals surface area contributed by atoms with Gasteiger partial charge in [-0.2, -0.15) is 0 Å². The fourth-order valence-electron chi connectivity index (χ4n) is 4.26. The summed E-state index contributed by atoms with van der Waals surface area (Å²) < 4.78 is 6.37. The molecule has 4 heteroatoms. The molecule has 0 heterocycles. The summed E-state index contributed by atoms with van der Waals surface area (Å²) >= 11 is 11.2. The first-order chi connectivity index (χ1) is 9.75. The first kappa shape index (κ1) is 15.1. The van der Waals surface area contributed by atoms with E-state index >= 15 is 0 Å². The van der Waals surface area contributed by atoms with Crippen molar-refractivity contribution in [3.8, 4) is 5.75 Å². The van der Waals surface area contributed by atoms with Crippen LogP contribution in [0.4, 0.5) is 0 Å². The number of nitrogens with two attached hydrogens (primary N) is 1. The molecular weight excluding hydrogens is 302 g/mol. The number of ether oxygens (including phenoxy) is 1. The molecule has 3 rings (SSSR count). The van der Waals surface area contributed by atoms with Crippen molar-refractivity contribution < 1.29 is 4.74 Å². The molecule has 114 valence electrons. The van der Waals surface area contributed by atoms with E-state index < -0.39 is 0 Å². The van der Waals surface area contributed by atoms with Gasteiger partial charge in [0.1, 0.15) is 16.8 Å². The summed E-state index contributed by atoms with van der Waals surface area (Å²) in [5.41, 5.74) is 7.09. The Labute approximate surface area is 137 Å². The van der Waals surface area contributed by atoms with Crippen LogP contribution in [-0.2, 0) is 0 Å². The molecule has 2 bridgehead atoms. The monoisotopic (exact) mass is 323 g/mol. The van der Waals surface area contributed by atoms with Crippen LogP contribution < -0.4 is 10.5 Å². The molecule has 21 heavy (non-hydrogen) atoms. The molecule has 0 spiro atoms. The molecular formula is C17H22ClNOS. The minimum atomic E-state index is 0.213. The molecule has 2 aliphatic carbocycles. The third-order valence-electron chi connectivity index (χ3n) is 6.19. The van der Waals surface area contributed by atoms with Crippen LogP contribution in [0.3, 0.4) is 0 Å². The third kappa shape index (κ3) is 2.17. The van der Waals surface area contributed by atoms with Crippen LogP contribution in [0.1, 0.15) is 45.6 Å². The fourth-order valence-corrected chi connectivity index (χ4v) is 4.59. The van der Waals surface area contributed by atoms with Crippen molar-refractivity contribution in [1.82, 2.24) is 0 Å². The van der Waals surface area contributed by atoms with Crippen molar-refractivity contribution >= 4 is 28.8 Å². The van der Waals surface area contributed by atoms with Gasteiger partial charge in [-0.3, -0.25) is 0 Å². The number of rotatable bonds is 3. The molecule has 3 atom stereocenters. The second-order valence-electron chi connectivity index (χ2n) is 7.22. The van der Waals surface area contributed by atoms with Gasteiger partial charge in [0.15, 0.2) is 0 Å². The van der Waals surface area contributed by atoms with E-state index in [0.717, 1.165) is 23.7 Å². The molecule has 0 radical (unpaired) electrons. The van der Waals surface area contributed by atoms with Crippen LogP contribution in [0.5, 0.6) is 5.75 Å². The van der Waals surface area contributed by atoms with E-state index in [-0.39, 0.29) is 11.5 Å². The molecule has 2 aliphatic rings. The SMILES string of the molecule is CC1(C)C2CCC1(C)C(Oc1ccc(Cl)cc1C(N)=S)C2. The summed E-state index contributed by atoms with van der Waals surface area (Å²) in [6.45, 7) is 7.12. The maximum atomic E-state index is 6.37. The Kier molecular flexibility index (Phi) is 3.49. The van der Waals surface area contributed by atoms with E-state index in [1.54, 1.807) is 6.07 Å². The molecule has 2 nitrogen and oxygen atoms in total. The van der Waals surface area contributed by atoms with Gasteiger partial charge in [-0.05, 0) is 48.8 Å². The van der Waals surface area contributed by atoms with E-state index in [4.69, 9.17) is 34.3 Å². The molecule has 2 N–H and O–H groups in total. The number of halogens is 1. The fraction of sp³-hybridized carbons (Fsp3) is 0.588. The van der Waals surface area contributed by atoms with E-state index in [9.17, 15) is 0 Å². The number of thiocarbonyl (C=S) groups is 1. The molecule has 2 saturated carbocycles. The lowest BCUT2D eigenvalue weighted by atomic mass is 9.70. The van der Waals surface area contributed by atoms with Crippen molar-refractivity contribution in [2.75, 3.05) is 0 Å². The summed E-state index contributed by atoms with van der Waals surface area (Å²) in [6.07, 6.45) is 3.88. The predicted octanol–water partition coefficient (Wildman–Crippen LogP) is 4.57. The molecule has 1 aromatic rings. The van der Waals surface area contributed by atoms with E-state index in [0.29, 0.717) is 15.4 Å². The van der Waals surface area contributed by atoms with Crippen LogP contribution >= 0.6 is 23.8 Å². The van der Waals surface area contributed by atoms with Crippen LogP contribution in [0.25, 0.3) is 0 Å². The molecule has 1 aromatic carbocycles. The molecule has 0 aromatic heterocycles. The standard InChI is InChI=1S/C17H22ClNOS/c1-16(2)10-6-7-17(16,3)14(8-10)20-13-5-4-11(18)9-12(13)15(19)21/h4-5,9-10,14H,6-8H2,1-3H3,(H2,19,21). The number of benzene rings is 1. The van der Waals surface area contributed by atoms with Gasteiger partial charge in [-0.1, -0.05) is 44.6 Å². The summed E-state index contributed by atoms with van der Waals surface area (Å²) in [4.78, 5) is 0.333. The molecule has 0 aliphatic heterocycles. The Hall–Kier alpha value is -0.800. The molecule has 3 unspecified atom stereocenters. The molecule has 2 fully saturated rings. The molecule has 0 saturated heterocycles. The average Bonchev–Trinajstić information content (AvgIpc) is 2.73. The highest BCUT2D eigenvalue weighted by molar-refractivity contribution is 7.80. The summed E-state index contributed by atoms with van der Waals surface area (Å²) in [7, 11) is 0. The first-order valence-electron chi connectivity index (χ1n) is 7.52. The second kappa shape index (κ2) is 4.85. The molecule has 0 amide bonds. The topological polar surface area (TPSA) is 35.2 Å². The number of hydrogen-bond acceptors (Lipinski definition) is 2. The lowest BCUT2D eigenvalue weighted by Crippen LogP contribution is -2.39. The highest BCUT2D eigenvalue weighted by atomic mass is 35.5. The highest BCUT2D eigenvalue weighted by Gasteiger charge is 2.62. The van der Waals surface area contributed by atoms with Crippen LogP contribution in [0.2, 0.25) is 5.02 Å². The zero-order chi connectivity index (χ0) is 15.4. The third-order valence-corrected chi connectivity index (χ3v) is 6.65. The van der Waals surface area contributed by atoms with Crippen molar-refractivity contribution in [3.63, 3.8) is 0 Å². The van der Waals surface area contributed by atoms with Crippen molar-refractivity contribution in [2.45, 2.75) is 46.1 Å². The number of hydrogen-bond donors (Lipinski definition) is 1. The van der Waals surface area contributed by atoms with Gasteiger partial charge < -0.3 is 10.5 Å². The summed E-state index contributed by atoms with van der Waals surface area (Å²) in [6, 6.07) is 5.51. The summed E-state index contributed by atoms with van der Waals surface area (Å²) in [5, 5.41) is 0.629. The van der Waals surface area contributed by atoms with Gasteiger partial charge in [-0.15, -0.1) is 0 Å². The Balaban J connectivity index is 1.91. The Bertz CT molecular complexity index is 600. The zero-order valence-corrected chi connectivity index (χ0v) is 14.4. The van der Waals surface area contributed by atoms with Gasteiger partial charge >= 0.3 is 0 Å². The van der Waals surface area contributed by atoms with Crippen molar-refractivity contribution in [2.24, 2.45) is 22.5 Å². The van der Waals surface area contributed by atoms with Gasteiger partial charge in [0.25, 0.3) is 0 Å². The Morgan fingerprint density at radius 2 is 2.10 bits per heavy atom. The Morgan fingerprint density at radius 3 is 2.62 bits per heavy atom. The second-order valence-corrected chi connectivity index (χ2v) is 8.10. The van der Waals surface area contributed by atoms with Gasteiger partial charge in [0, 0.05) is 10.4 Å². The van der Waals surface area contributed by atoms with Crippen LogP contribution in [-0.4, -0.2) is 11.1 Å². The largest absolute Gasteiger partial charge is 0.489 e. The van der Waals surface area contributed by atoms with Gasteiger partial charge in [-0.25, -0.2) is 0 Å². The normalized spacial score (nSPS) is 33.1. The van der Waals surface area contributed by atoms with Crippen molar-refractivity contribution in [1.29, 1.82) is 0 Å². The predicted molar refractivity (Wildman–Crippen MR) is 91.0 cm³/mol. The van der Waals surface area contributed by atoms with Crippen molar-refractivity contribution in [3.05, 3.63) is 28.8 Å². The van der Waals surface area contributed by atoms with Crippen LogP contribution in [0.15, 0.2) is 18.2 Å². The highest BCUT2D eigenvalue weighted by Crippen LogP contribution is 2.66. The maximum absolute atomic E-state index is 6.37. The number of fused-ring (bicyclic) bond motifs is 2. The van der Waals surface area contributed by atoms with Gasteiger partial charge in [0.2, 0.25) is 0 Å². The lowest BCUT2D eigenvalue weighted by molar-refractivity contribution is 0.0301. The van der Waals surface area contributed by atoms with Gasteiger partial charge in [0.05, 0.1) is 5.56 Å².